The lowest BCUT2D eigenvalue weighted by Gasteiger charge is -2.33. The van der Waals surface area contributed by atoms with E-state index in [1.54, 1.807) is 17.7 Å². The Hall–Kier alpha value is -1.41. The first kappa shape index (κ1) is 15.0. The molecule has 1 aliphatic rings. The monoisotopic (exact) mass is 299 g/mol. The number of piperidine rings is 1. The zero-order valence-electron chi connectivity index (χ0n) is 11.8. The van der Waals surface area contributed by atoms with Gasteiger partial charge in [-0.2, -0.15) is 4.31 Å². The minimum absolute atomic E-state index is 0.0463. The van der Waals surface area contributed by atoms with Gasteiger partial charge in [-0.3, -0.25) is 5.41 Å². The Balaban J connectivity index is 2.39. The first-order valence-corrected chi connectivity index (χ1v) is 8.21. The first-order chi connectivity index (χ1) is 9.37. The maximum Gasteiger partial charge on any atom is 0.262 e. The Labute approximate surface area is 119 Å². The van der Waals surface area contributed by atoms with Crippen LogP contribution in [0.2, 0.25) is 0 Å². The molecular weight excluding hydrogens is 278 g/mol. The van der Waals surface area contributed by atoms with Crippen LogP contribution in [0.25, 0.3) is 0 Å². The number of imidazole rings is 1. The van der Waals surface area contributed by atoms with Crippen molar-refractivity contribution in [2.45, 2.75) is 50.7 Å². The Morgan fingerprint density at radius 1 is 1.55 bits per heavy atom. The molecule has 0 aliphatic carbocycles. The highest BCUT2D eigenvalue weighted by molar-refractivity contribution is 7.89. The van der Waals surface area contributed by atoms with E-state index in [1.807, 2.05) is 6.92 Å². The molecule has 0 saturated carbocycles. The average molecular weight is 299 g/mol. The molecule has 3 N–H and O–H groups in total. The molecule has 1 aliphatic heterocycles. The minimum Gasteiger partial charge on any atom is -0.386 e. The molecule has 2 heterocycles. The van der Waals surface area contributed by atoms with E-state index in [4.69, 9.17) is 11.1 Å². The van der Waals surface area contributed by atoms with Crippen molar-refractivity contribution in [3.63, 3.8) is 0 Å². The lowest BCUT2D eigenvalue weighted by Crippen LogP contribution is -2.50. The minimum atomic E-state index is -3.69. The third-order valence-electron chi connectivity index (χ3n) is 3.68. The van der Waals surface area contributed by atoms with Crippen molar-refractivity contribution in [3.05, 3.63) is 12.0 Å². The molecule has 112 valence electrons. The Morgan fingerprint density at radius 3 is 2.80 bits per heavy atom. The quantitative estimate of drug-likeness (QED) is 0.630. The van der Waals surface area contributed by atoms with E-state index >= 15 is 0 Å². The number of amidine groups is 1. The van der Waals surface area contributed by atoms with Gasteiger partial charge < -0.3 is 10.3 Å². The molecule has 1 aromatic rings. The molecule has 0 radical (unpaired) electrons. The molecule has 1 unspecified atom stereocenters. The third-order valence-corrected chi connectivity index (χ3v) is 5.46. The standard InChI is InChI=1S/C12H21N5O2S/c1-3-16-8-11(15-9(16)2)20(18,19)17-7-5-4-6-10(17)12(13)14/h8,10H,3-7H2,1-2H3,(H3,13,14). The zero-order chi connectivity index (χ0) is 14.9. The van der Waals surface area contributed by atoms with Gasteiger partial charge in [-0.25, -0.2) is 13.4 Å². The molecule has 0 spiro atoms. The summed E-state index contributed by atoms with van der Waals surface area (Å²) in [5, 5.41) is 7.64. The van der Waals surface area contributed by atoms with E-state index in [9.17, 15) is 8.42 Å². The summed E-state index contributed by atoms with van der Waals surface area (Å²) in [6.45, 7) is 4.78. The van der Waals surface area contributed by atoms with Crippen LogP contribution in [0, 0.1) is 12.3 Å². The predicted octanol–water partition coefficient (Wildman–Crippen LogP) is 0.691. The summed E-state index contributed by atoms with van der Waals surface area (Å²) in [7, 11) is -3.69. The molecule has 8 heteroatoms. The second kappa shape index (κ2) is 5.53. The zero-order valence-corrected chi connectivity index (χ0v) is 12.7. The SMILES string of the molecule is CCn1cc(S(=O)(=O)N2CCCCC2C(=N)N)nc1C. The van der Waals surface area contributed by atoms with Crippen LogP contribution in [0.15, 0.2) is 11.2 Å². The lowest BCUT2D eigenvalue weighted by atomic mass is 10.0. The Bertz CT molecular complexity index is 607. The van der Waals surface area contributed by atoms with Gasteiger partial charge >= 0.3 is 0 Å². The van der Waals surface area contributed by atoms with Crippen molar-refractivity contribution in [3.8, 4) is 0 Å². The lowest BCUT2D eigenvalue weighted by molar-refractivity contribution is 0.303. The van der Waals surface area contributed by atoms with Crippen LogP contribution < -0.4 is 5.73 Å². The van der Waals surface area contributed by atoms with Crippen LogP contribution in [-0.2, 0) is 16.6 Å². The van der Waals surface area contributed by atoms with Crippen molar-refractivity contribution in [1.82, 2.24) is 13.9 Å². The highest BCUT2D eigenvalue weighted by Gasteiger charge is 2.36. The molecule has 0 bridgehead atoms. The van der Waals surface area contributed by atoms with Crippen molar-refractivity contribution in [1.29, 1.82) is 5.41 Å². The second-order valence-corrected chi connectivity index (χ2v) is 6.83. The van der Waals surface area contributed by atoms with Gasteiger partial charge in [-0.1, -0.05) is 6.42 Å². The molecule has 1 atom stereocenters. The van der Waals surface area contributed by atoms with Gasteiger partial charge in [0.05, 0.1) is 6.04 Å². The summed E-state index contributed by atoms with van der Waals surface area (Å²) >= 11 is 0. The number of nitrogens with two attached hydrogens (primary N) is 1. The van der Waals surface area contributed by atoms with Crippen molar-refractivity contribution in [2.75, 3.05) is 6.54 Å². The van der Waals surface area contributed by atoms with Gasteiger partial charge in [0.1, 0.15) is 11.7 Å². The molecule has 7 nitrogen and oxygen atoms in total. The fourth-order valence-corrected chi connectivity index (χ4v) is 4.22. The number of nitrogens with zero attached hydrogens (tertiary/aromatic N) is 3. The first-order valence-electron chi connectivity index (χ1n) is 6.77. The largest absolute Gasteiger partial charge is 0.386 e. The highest BCUT2D eigenvalue weighted by atomic mass is 32.2. The summed E-state index contributed by atoms with van der Waals surface area (Å²) in [5.74, 6) is 0.572. The predicted molar refractivity (Wildman–Crippen MR) is 76.1 cm³/mol. The number of aromatic nitrogens is 2. The van der Waals surface area contributed by atoms with E-state index in [1.165, 1.54) is 4.31 Å². The van der Waals surface area contributed by atoms with Crippen LogP contribution in [0.4, 0.5) is 0 Å². The van der Waals surface area contributed by atoms with Crippen molar-refractivity contribution >= 4 is 15.9 Å². The maximum absolute atomic E-state index is 12.7. The van der Waals surface area contributed by atoms with Gasteiger partial charge in [-0.05, 0) is 26.7 Å². The fourth-order valence-electron chi connectivity index (χ4n) is 2.55. The molecule has 0 amide bonds. The van der Waals surface area contributed by atoms with Crippen LogP contribution in [0.5, 0.6) is 0 Å². The Morgan fingerprint density at radius 2 is 2.25 bits per heavy atom. The van der Waals surface area contributed by atoms with Crippen LogP contribution in [0.3, 0.4) is 0 Å². The molecule has 0 aromatic carbocycles. The Kier molecular flexibility index (Phi) is 4.14. The van der Waals surface area contributed by atoms with E-state index < -0.39 is 16.1 Å². The van der Waals surface area contributed by atoms with Crippen LogP contribution >= 0.6 is 0 Å². The smallest absolute Gasteiger partial charge is 0.262 e. The molecule has 20 heavy (non-hydrogen) atoms. The highest BCUT2D eigenvalue weighted by Crippen LogP contribution is 2.25. The molecule has 2 rings (SSSR count). The van der Waals surface area contributed by atoms with Gasteiger partial charge in [0.2, 0.25) is 0 Å². The van der Waals surface area contributed by atoms with Gasteiger partial charge in [0, 0.05) is 19.3 Å². The average Bonchev–Trinajstić information content (AvgIpc) is 2.80. The summed E-state index contributed by atoms with van der Waals surface area (Å²) in [6, 6.07) is -0.541. The number of aryl methyl sites for hydroxylation is 2. The van der Waals surface area contributed by atoms with Crippen molar-refractivity contribution in [2.24, 2.45) is 5.73 Å². The number of rotatable bonds is 4. The van der Waals surface area contributed by atoms with E-state index in [0.29, 0.717) is 25.3 Å². The van der Waals surface area contributed by atoms with E-state index in [0.717, 1.165) is 12.8 Å². The summed E-state index contributed by atoms with van der Waals surface area (Å²) in [6.07, 6.45) is 3.83. The van der Waals surface area contributed by atoms with E-state index in [2.05, 4.69) is 4.98 Å². The number of sulfonamides is 1. The van der Waals surface area contributed by atoms with Crippen molar-refractivity contribution < 1.29 is 8.42 Å². The topological polar surface area (TPSA) is 105 Å². The fraction of sp³-hybridized carbons (Fsp3) is 0.667. The summed E-state index contributed by atoms with van der Waals surface area (Å²) < 4.78 is 28.5. The molecule has 1 fully saturated rings. The van der Waals surface area contributed by atoms with Gasteiger partial charge in [-0.15, -0.1) is 0 Å². The molecule has 1 saturated heterocycles. The molecular formula is C12H21N5O2S. The third kappa shape index (κ3) is 2.57. The number of hydrogen-bond acceptors (Lipinski definition) is 4. The van der Waals surface area contributed by atoms with Gasteiger partial charge in [0.25, 0.3) is 10.0 Å². The van der Waals surface area contributed by atoms with Crippen LogP contribution in [0.1, 0.15) is 32.0 Å². The van der Waals surface area contributed by atoms with Crippen LogP contribution in [-0.4, -0.2) is 40.7 Å². The number of hydrogen-bond donors (Lipinski definition) is 2. The summed E-state index contributed by atoms with van der Waals surface area (Å²) in [5.41, 5.74) is 5.55. The maximum atomic E-state index is 12.7. The van der Waals surface area contributed by atoms with Gasteiger partial charge in [0.15, 0.2) is 5.03 Å². The normalized spacial score (nSPS) is 21.0. The van der Waals surface area contributed by atoms with E-state index in [-0.39, 0.29) is 10.9 Å². The number of nitrogens with one attached hydrogen (secondary N) is 1. The summed E-state index contributed by atoms with van der Waals surface area (Å²) in [4.78, 5) is 4.14. The molecule has 1 aromatic heterocycles. The second-order valence-electron chi connectivity index (χ2n) is 5.00.